The number of fused-ring (bicyclic) bond motifs is 1. The molecular weight excluding hydrogens is 240 g/mol. The third-order valence-electron chi connectivity index (χ3n) is 3.60. The van der Waals surface area contributed by atoms with E-state index in [0.29, 0.717) is 6.42 Å². The van der Waals surface area contributed by atoms with Crippen LogP contribution in [0.4, 0.5) is 0 Å². The van der Waals surface area contributed by atoms with Gasteiger partial charge in [-0.3, -0.25) is 4.68 Å². The van der Waals surface area contributed by atoms with Gasteiger partial charge in [-0.15, -0.1) is 0 Å². The number of aryl methyl sites for hydroxylation is 2. The summed E-state index contributed by atoms with van der Waals surface area (Å²) in [5.74, 6) is 0.951. The molecule has 2 aromatic rings. The number of ether oxygens (including phenoxy) is 1. The molecule has 0 bridgehead atoms. The van der Waals surface area contributed by atoms with Gasteiger partial charge in [0, 0.05) is 25.6 Å². The normalized spacial score (nSPS) is 15.1. The summed E-state index contributed by atoms with van der Waals surface area (Å²) in [5.41, 5.74) is 4.16. The molecule has 4 heteroatoms. The third-order valence-corrected chi connectivity index (χ3v) is 3.60. The Kier molecular flexibility index (Phi) is 3.03. The van der Waals surface area contributed by atoms with Crippen LogP contribution >= 0.6 is 0 Å². The van der Waals surface area contributed by atoms with Gasteiger partial charge in [-0.2, -0.15) is 5.10 Å². The first kappa shape index (κ1) is 12.2. The van der Waals surface area contributed by atoms with Crippen molar-refractivity contribution in [3.63, 3.8) is 0 Å². The molecule has 0 amide bonds. The molecule has 19 heavy (non-hydrogen) atoms. The second-order valence-corrected chi connectivity index (χ2v) is 5.09. The lowest BCUT2D eigenvalue weighted by atomic mass is 10.0. The van der Waals surface area contributed by atoms with Crippen molar-refractivity contribution in [1.82, 2.24) is 9.78 Å². The van der Waals surface area contributed by atoms with Crippen LogP contribution in [-0.4, -0.2) is 21.5 Å². The van der Waals surface area contributed by atoms with E-state index in [4.69, 9.17) is 4.74 Å². The van der Waals surface area contributed by atoms with Crippen LogP contribution in [0.2, 0.25) is 0 Å². The number of aromatic nitrogens is 2. The Labute approximate surface area is 112 Å². The first-order valence-electron chi connectivity index (χ1n) is 6.56. The summed E-state index contributed by atoms with van der Waals surface area (Å²) < 4.78 is 7.31. The Balaban J connectivity index is 1.80. The monoisotopic (exact) mass is 258 g/mol. The molecule has 1 aliphatic rings. The van der Waals surface area contributed by atoms with E-state index in [9.17, 15) is 5.11 Å². The maximum absolute atomic E-state index is 10.4. The highest BCUT2D eigenvalue weighted by Crippen LogP contribution is 2.29. The molecular formula is C15H18N2O2. The Morgan fingerprint density at radius 3 is 3.00 bits per heavy atom. The Hall–Kier alpha value is -1.81. The lowest BCUT2D eigenvalue weighted by Crippen LogP contribution is -2.06. The smallest absolute Gasteiger partial charge is 0.122 e. The number of hydrogen-bond donors (Lipinski definition) is 1. The average Bonchev–Trinajstić information content (AvgIpc) is 2.95. The summed E-state index contributed by atoms with van der Waals surface area (Å²) in [7, 11) is 1.91. The zero-order chi connectivity index (χ0) is 13.4. The van der Waals surface area contributed by atoms with Crippen molar-refractivity contribution >= 4 is 0 Å². The molecule has 1 aromatic heterocycles. The largest absolute Gasteiger partial charge is 0.493 e. The minimum absolute atomic E-state index is 0.499. The minimum atomic E-state index is -0.499. The molecule has 1 aromatic carbocycles. The van der Waals surface area contributed by atoms with Gasteiger partial charge in [-0.1, -0.05) is 6.07 Å². The van der Waals surface area contributed by atoms with Crippen molar-refractivity contribution < 1.29 is 9.84 Å². The molecule has 0 spiro atoms. The third kappa shape index (κ3) is 2.36. The van der Waals surface area contributed by atoms with Crippen LogP contribution < -0.4 is 4.74 Å². The van der Waals surface area contributed by atoms with Crippen LogP contribution in [0.5, 0.6) is 5.75 Å². The van der Waals surface area contributed by atoms with Crippen LogP contribution in [0.3, 0.4) is 0 Å². The van der Waals surface area contributed by atoms with E-state index in [2.05, 4.69) is 11.2 Å². The van der Waals surface area contributed by atoms with Crippen molar-refractivity contribution in [2.45, 2.75) is 25.9 Å². The molecule has 1 aliphatic heterocycles. The minimum Gasteiger partial charge on any atom is -0.493 e. The predicted molar refractivity (Wildman–Crippen MR) is 72.2 cm³/mol. The van der Waals surface area contributed by atoms with E-state index in [-0.39, 0.29) is 0 Å². The van der Waals surface area contributed by atoms with E-state index >= 15 is 0 Å². The van der Waals surface area contributed by atoms with Gasteiger partial charge in [-0.25, -0.2) is 0 Å². The summed E-state index contributed by atoms with van der Waals surface area (Å²) in [6.07, 6.45) is 1.01. The van der Waals surface area contributed by atoms with Crippen molar-refractivity contribution in [3.05, 3.63) is 46.8 Å². The summed E-state index contributed by atoms with van der Waals surface area (Å²) in [4.78, 5) is 0. The van der Waals surface area contributed by atoms with Gasteiger partial charge in [0.2, 0.25) is 0 Å². The number of aliphatic hydroxyl groups is 1. The molecule has 1 unspecified atom stereocenters. The fourth-order valence-corrected chi connectivity index (χ4v) is 2.58. The fourth-order valence-electron chi connectivity index (χ4n) is 2.58. The number of rotatable bonds is 3. The lowest BCUT2D eigenvalue weighted by Gasteiger charge is -2.12. The Bertz CT molecular complexity index is 604. The quantitative estimate of drug-likeness (QED) is 0.915. The second-order valence-electron chi connectivity index (χ2n) is 5.09. The first-order chi connectivity index (χ1) is 9.13. The van der Waals surface area contributed by atoms with Crippen molar-refractivity contribution in [3.8, 4) is 5.75 Å². The van der Waals surface area contributed by atoms with E-state index < -0.39 is 6.10 Å². The molecule has 2 heterocycles. The number of benzene rings is 1. The predicted octanol–water partition coefficient (Wildman–Crippen LogP) is 1.94. The zero-order valence-electron chi connectivity index (χ0n) is 11.3. The van der Waals surface area contributed by atoms with Gasteiger partial charge in [-0.05, 0) is 36.2 Å². The SMILES string of the molecule is Cc1cc(CC(O)c2ccc3c(c2)CCO3)n(C)n1. The molecule has 0 saturated carbocycles. The average molecular weight is 258 g/mol. The van der Waals surface area contributed by atoms with Gasteiger partial charge < -0.3 is 9.84 Å². The molecule has 1 atom stereocenters. The number of hydrogen-bond acceptors (Lipinski definition) is 3. The highest BCUT2D eigenvalue weighted by molar-refractivity contribution is 5.40. The maximum atomic E-state index is 10.4. The summed E-state index contributed by atoms with van der Waals surface area (Å²) in [6, 6.07) is 7.96. The fraction of sp³-hybridized carbons (Fsp3) is 0.400. The molecule has 0 aliphatic carbocycles. The molecule has 0 radical (unpaired) electrons. The Morgan fingerprint density at radius 1 is 1.42 bits per heavy atom. The zero-order valence-corrected chi connectivity index (χ0v) is 11.3. The highest BCUT2D eigenvalue weighted by atomic mass is 16.5. The van der Waals surface area contributed by atoms with E-state index in [0.717, 1.165) is 35.7 Å². The van der Waals surface area contributed by atoms with E-state index in [1.165, 1.54) is 5.56 Å². The summed E-state index contributed by atoms with van der Waals surface area (Å²) >= 11 is 0. The summed E-state index contributed by atoms with van der Waals surface area (Å²) in [5, 5.41) is 14.7. The summed E-state index contributed by atoms with van der Waals surface area (Å²) in [6.45, 7) is 2.71. The lowest BCUT2D eigenvalue weighted by molar-refractivity contribution is 0.175. The van der Waals surface area contributed by atoms with Crippen LogP contribution in [0.15, 0.2) is 24.3 Å². The maximum Gasteiger partial charge on any atom is 0.122 e. The number of aliphatic hydroxyl groups excluding tert-OH is 1. The van der Waals surface area contributed by atoms with Crippen LogP contribution in [0.25, 0.3) is 0 Å². The molecule has 1 N–H and O–H groups in total. The van der Waals surface area contributed by atoms with E-state index in [1.54, 1.807) is 0 Å². The topological polar surface area (TPSA) is 47.3 Å². The van der Waals surface area contributed by atoms with Crippen molar-refractivity contribution in [2.24, 2.45) is 7.05 Å². The molecule has 4 nitrogen and oxygen atoms in total. The van der Waals surface area contributed by atoms with Crippen LogP contribution in [0.1, 0.15) is 28.6 Å². The Morgan fingerprint density at radius 2 is 2.26 bits per heavy atom. The van der Waals surface area contributed by atoms with Gasteiger partial charge >= 0.3 is 0 Å². The standard InChI is InChI=1S/C15H18N2O2/c1-10-7-13(17(2)16-10)9-14(18)11-3-4-15-12(8-11)5-6-19-15/h3-4,7-8,14,18H,5-6,9H2,1-2H3. The van der Waals surface area contributed by atoms with Crippen LogP contribution in [-0.2, 0) is 19.9 Å². The molecule has 0 fully saturated rings. The first-order valence-corrected chi connectivity index (χ1v) is 6.56. The molecule has 0 saturated heterocycles. The van der Waals surface area contributed by atoms with E-state index in [1.807, 2.05) is 36.9 Å². The van der Waals surface area contributed by atoms with Crippen molar-refractivity contribution in [1.29, 1.82) is 0 Å². The second kappa shape index (κ2) is 4.70. The van der Waals surface area contributed by atoms with Gasteiger partial charge in [0.05, 0.1) is 18.4 Å². The number of nitrogens with zero attached hydrogens (tertiary/aromatic N) is 2. The van der Waals surface area contributed by atoms with Crippen LogP contribution in [0, 0.1) is 6.92 Å². The highest BCUT2D eigenvalue weighted by Gasteiger charge is 2.17. The van der Waals surface area contributed by atoms with Gasteiger partial charge in [0.1, 0.15) is 5.75 Å². The molecule has 100 valence electrons. The van der Waals surface area contributed by atoms with Gasteiger partial charge in [0.25, 0.3) is 0 Å². The van der Waals surface area contributed by atoms with Gasteiger partial charge in [0.15, 0.2) is 0 Å². The van der Waals surface area contributed by atoms with Crippen molar-refractivity contribution in [2.75, 3.05) is 6.61 Å². The molecule has 3 rings (SSSR count).